The van der Waals surface area contributed by atoms with Crippen LogP contribution in [0, 0.1) is 5.41 Å². The van der Waals surface area contributed by atoms with Gasteiger partial charge in [0.1, 0.15) is 5.57 Å². The lowest BCUT2D eigenvalue weighted by atomic mass is 10.0. The molecule has 20 heavy (non-hydrogen) atoms. The van der Waals surface area contributed by atoms with E-state index in [0.717, 1.165) is 0 Å². The van der Waals surface area contributed by atoms with Crippen molar-refractivity contribution in [2.24, 2.45) is 0 Å². The molecule has 0 spiro atoms. The summed E-state index contributed by atoms with van der Waals surface area (Å²) in [5.74, 6) is -3.53. The molecule has 0 aliphatic carbocycles. The molecule has 0 fully saturated rings. The Bertz CT molecular complexity index is 536. The van der Waals surface area contributed by atoms with Crippen LogP contribution in [0.4, 0.5) is 13.2 Å². The fraction of sp³-hybridized carbons (Fsp3) is 0.231. The van der Waals surface area contributed by atoms with Crippen molar-refractivity contribution in [1.29, 1.82) is 5.41 Å². The van der Waals surface area contributed by atoms with Crippen molar-refractivity contribution in [3.63, 3.8) is 0 Å². The van der Waals surface area contributed by atoms with E-state index in [1.54, 1.807) is 6.07 Å². The number of carbonyl (C=O) groups is 1. The number of allylic oxidation sites excluding steroid dienone is 1. The molecule has 0 radical (unpaired) electrons. The van der Waals surface area contributed by atoms with Gasteiger partial charge in [-0.05, 0) is 6.92 Å². The second-order valence-electron chi connectivity index (χ2n) is 3.68. The number of carbonyl (C=O) groups excluding carboxylic acids is 1. The van der Waals surface area contributed by atoms with Gasteiger partial charge in [0.2, 0.25) is 5.76 Å². The Morgan fingerprint density at radius 3 is 2.30 bits per heavy atom. The molecule has 2 N–H and O–H groups in total. The molecule has 4 nitrogen and oxygen atoms in total. The van der Waals surface area contributed by atoms with Gasteiger partial charge in [0.05, 0.1) is 12.3 Å². The first kappa shape index (κ1) is 15.7. The molecule has 0 aliphatic heterocycles. The van der Waals surface area contributed by atoms with Crippen LogP contribution in [0.25, 0.3) is 0 Å². The minimum absolute atomic E-state index is 0.0614. The molecule has 1 aromatic carbocycles. The smallest absolute Gasteiger partial charge is 0.449 e. The number of rotatable bonds is 4. The minimum atomic E-state index is -5.14. The van der Waals surface area contributed by atoms with Crippen LogP contribution in [-0.2, 0) is 9.53 Å². The summed E-state index contributed by atoms with van der Waals surface area (Å²) in [6.07, 6.45) is -5.14. The molecule has 1 rings (SSSR count). The van der Waals surface area contributed by atoms with Crippen LogP contribution in [0.2, 0.25) is 0 Å². The van der Waals surface area contributed by atoms with E-state index in [9.17, 15) is 23.1 Å². The van der Waals surface area contributed by atoms with Crippen LogP contribution in [0.15, 0.2) is 41.7 Å². The number of benzene rings is 1. The van der Waals surface area contributed by atoms with Crippen LogP contribution >= 0.6 is 0 Å². The van der Waals surface area contributed by atoms with Crippen LogP contribution in [0.5, 0.6) is 0 Å². The fourth-order valence-electron chi connectivity index (χ4n) is 1.41. The van der Waals surface area contributed by atoms with Gasteiger partial charge in [-0.15, -0.1) is 0 Å². The number of aliphatic hydroxyl groups excluding tert-OH is 1. The number of nitrogens with one attached hydrogen (secondary N) is 1. The van der Waals surface area contributed by atoms with E-state index >= 15 is 0 Å². The number of esters is 1. The molecule has 0 unspecified atom stereocenters. The lowest BCUT2D eigenvalue weighted by Crippen LogP contribution is -2.24. The summed E-state index contributed by atoms with van der Waals surface area (Å²) in [5.41, 5.74) is -1.89. The highest BCUT2D eigenvalue weighted by Crippen LogP contribution is 2.28. The number of halogens is 3. The van der Waals surface area contributed by atoms with Gasteiger partial charge in [-0.1, -0.05) is 30.3 Å². The lowest BCUT2D eigenvalue weighted by Gasteiger charge is -2.13. The number of alkyl halides is 3. The van der Waals surface area contributed by atoms with Crippen LogP contribution < -0.4 is 0 Å². The van der Waals surface area contributed by atoms with E-state index < -0.39 is 29.2 Å². The number of hydrogen-bond donors (Lipinski definition) is 2. The zero-order chi connectivity index (χ0) is 15.3. The molecule has 0 heterocycles. The van der Waals surface area contributed by atoms with Gasteiger partial charge in [-0.3, -0.25) is 5.41 Å². The molecular formula is C13H12F3NO3. The molecule has 0 aromatic heterocycles. The molecule has 7 heteroatoms. The molecule has 0 atom stereocenters. The average Bonchev–Trinajstić information content (AvgIpc) is 2.39. The maximum Gasteiger partial charge on any atom is 0.449 e. The van der Waals surface area contributed by atoms with Crippen molar-refractivity contribution < 1.29 is 27.8 Å². The van der Waals surface area contributed by atoms with Gasteiger partial charge < -0.3 is 9.84 Å². The van der Waals surface area contributed by atoms with Crippen molar-refractivity contribution >= 4 is 11.7 Å². The molecule has 0 saturated heterocycles. The normalized spacial score (nSPS) is 12.6. The zero-order valence-corrected chi connectivity index (χ0v) is 10.5. The predicted molar refractivity (Wildman–Crippen MR) is 65.6 cm³/mol. The average molecular weight is 287 g/mol. The van der Waals surface area contributed by atoms with Gasteiger partial charge in [0, 0.05) is 5.56 Å². The van der Waals surface area contributed by atoms with Gasteiger partial charge in [0.15, 0.2) is 0 Å². The summed E-state index contributed by atoms with van der Waals surface area (Å²) in [7, 11) is 0. The van der Waals surface area contributed by atoms with E-state index in [-0.39, 0.29) is 12.2 Å². The molecule has 108 valence electrons. The summed E-state index contributed by atoms with van der Waals surface area (Å²) in [5, 5.41) is 16.9. The first-order chi connectivity index (χ1) is 9.29. The van der Waals surface area contributed by atoms with Crippen molar-refractivity contribution in [1.82, 2.24) is 0 Å². The summed E-state index contributed by atoms with van der Waals surface area (Å²) in [6.45, 7) is 1.24. The highest BCUT2D eigenvalue weighted by Gasteiger charge is 2.40. The van der Waals surface area contributed by atoms with E-state index in [0.29, 0.717) is 0 Å². The quantitative estimate of drug-likeness (QED) is 0.387. The lowest BCUT2D eigenvalue weighted by molar-refractivity contribution is -0.141. The van der Waals surface area contributed by atoms with E-state index in [2.05, 4.69) is 4.74 Å². The third-order valence-electron chi connectivity index (χ3n) is 2.30. The Labute approximate surface area is 113 Å². The topological polar surface area (TPSA) is 70.4 Å². The van der Waals surface area contributed by atoms with Gasteiger partial charge in [0.25, 0.3) is 0 Å². The predicted octanol–water partition coefficient (Wildman–Crippen LogP) is 2.99. The maximum atomic E-state index is 12.6. The monoisotopic (exact) mass is 287 g/mol. The second kappa shape index (κ2) is 6.23. The highest BCUT2D eigenvalue weighted by molar-refractivity contribution is 6.25. The maximum absolute atomic E-state index is 12.6. The molecule has 0 bridgehead atoms. The molecular weight excluding hydrogens is 275 g/mol. The second-order valence-corrected chi connectivity index (χ2v) is 3.68. The van der Waals surface area contributed by atoms with E-state index in [1.807, 2.05) is 0 Å². The van der Waals surface area contributed by atoms with Crippen molar-refractivity contribution in [3.05, 3.63) is 47.2 Å². The van der Waals surface area contributed by atoms with E-state index in [1.165, 1.54) is 31.2 Å². The third kappa shape index (κ3) is 3.59. The number of ether oxygens (including phenoxy) is 1. The largest absolute Gasteiger partial charge is 0.504 e. The van der Waals surface area contributed by atoms with Crippen molar-refractivity contribution in [2.75, 3.05) is 6.61 Å². The summed E-state index contributed by atoms with van der Waals surface area (Å²) in [4.78, 5) is 11.6. The summed E-state index contributed by atoms with van der Waals surface area (Å²) in [6, 6.07) is 7.30. The fourth-order valence-corrected chi connectivity index (χ4v) is 1.41. The Morgan fingerprint density at radius 1 is 1.30 bits per heavy atom. The Balaban J connectivity index is 3.33. The highest BCUT2D eigenvalue weighted by atomic mass is 19.4. The molecule has 0 aliphatic rings. The first-order valence-electron chi connectivity index (χ1n) is 5.61. The van der Waals surface area contributed by atoms with E-state index in [4.69, 9.17) is 5.41 Å². The minimum Gasteiger partial charge on any atom is -0.504 e. The first-order valence-corrected chi connectivity index (χ1v) is 5.61. The van der Waals surface area contributed by atoms with Crippen LogP contribution in [0.3, 0.4) is 0 Å². The molecule has 0 saturated carbocycles. The van der Waals surface area contributed by atoms with Gasteiger partial charge in [-0.2, -0.15) is 13.2 Å². The van der Waals surface area contributed by atoms with Gasteiger partial charge in [-0.25, -0.2) is 4.79 Å². The molecule has 1 aromatic rings. The standard InChI is InChI=1S/C13H12F3NO3/c1-2-20-12(19)9(11(18)13(14,15)16)10(17)8-6-4-3-5-7-8/h3-7,17-18H,2H2,1H3. The Morgan fingerprint density at radius 2 is 1.85 bits per heavy atom. The Kier molecular flexibility index (Phi) is 4.90. The molecule has 0 amide bonds. The summed E-state index contributed by atoms with van der Waals surface area (Å²) < 4.78 is 42.2. The van der Waals surface area contributed by atoms with Crippen LogP contribution in [0.1, 0.15) is 12.5 Å². The Hall–Kier alpha value is -2.31. The number of aliphatic hydroxyl groups is 1. The van der Waals surface area contributed by atoms with Crippen molar-refractivity contribution in [3.8, 4) is 0 Å². The van der Waals surface area contributed by atoms with Crippen molar-refractivity contribution in [2.45, 2.75) is 13.1 Å². The SMILES string of the molecule is CCOC(=O)C(C(=N)c1ccccc1)=C(O)C(F)(F)F. The van der Waals surface area contributed by atoms with Crippen LogP contribution in [-0.4, -0.2) is 29.6 Å². The van der Waals surface area contributed by atoms with Gasteiger partial charge >= 0.3 is 12.1 Å². The zero-order valence-electron chi connectivity index (χ0n) is 10.5. The third-order valence-corrected chi connectivity index (χ3v) is 2.30. The number of hydrogen-bond acceptors (Lipinski definition) is 4. The summed E-state index contributed by atoms with van der Waals surface area (Å²) >= 11 is 0.